The molecule has 1 aliphatic heterocycles. The maximum Gasteiger partial charge on any atom is 0.109 e. The molecule has 20 heavy (non-hydrogen) atoms. The van der Waals surface area contributed by atoms with Gasteiger partial charge in [-0.3, -0.25) is 0 Å². The van der Waals surface area contributed by atoms with Crippen molar-refractivity contribution in [2.24, 2.45) is 5.73 Å². The van der Waals surface area contributed by atoms with Gasteiger partial charge in [0.1, 0.15) is 5.82 Å². The average Bonchev–Trinajstić information content (AvgIpc) is 3.08. The lowest BCUT2D eigenvalue weighted by molar-refractivity contribution is 0.301. The van der Waals surface area contributed by atoms with Gasteiger partial charge in [0.15, 0.2) is 0 Å². The van der Waals surface area contributed by atoms with Gasteiger partial charge in [-0.05, 0) is 37.0 Å². The van der Waals surface area contributed by atoms with Gasteiger partial charge in [-0.15, -0.1) is 0 Å². The summed E-state index contributed by atoms with van der Waals surface area (Å²) < 4.78 is 2.41. The Hall–Kier alpha value is -1.35. The topological polar surface area (TPSA) is 43.8 Å². The Morgan fingerprint density at radius 2 is 2.00 bits per heavy atom. The van der Waals surface area contributed by atoms with Crippen molar-refractivity contribution in [3.8, 4) is 0 Å². The highest BCUT2D eigenvalue weighted by atomic mass is 15.1. The SMILES string of the molecule is NCC1(c2ccc3nc4n(c3c2)CCC4)CCCCC1. The summed E-state index contributed by atoms with van der Waals surface area (Å²) in [6.45, 7) is 1.91. The molecular formula is C17H23N3. The number of nitrogens with zero attached hydrogens (tertiary/aromatic N) is 2. The summed E-state index contributed by atoms with van der Waals surface area (Å²) in [7, 11) is 0. The minimum atomic E-state index is 0.218. The van der Waals surface area contributed by atoms with Crippen molar-refractivity contribution in [2.75, 3.05) is 6.54 Å². The summed E-state index contributed by atoms with van der Waals surface area (Å²) in [5.74, 6) is 1.27. The highest BCUT2D eigenvalue weighted by Crippen LogP contribution is 2.39. The molecule has 2 heterocycles. The Bertz CT molecular complexity index is 635. The molecule has 1 saturated carbocycles. The van der Waals surface area contributed by atoms with Crippen LogP contribution in [0.1, 0.15) is 49.9 Å². The monoisotopic (exact) mass is 269 g/mol. The van der Waals surface area contributed by atoms with E-state index in [4.69, 9.17) is 10.7 Å². The van der Waals surface area contributed by atoms with Crippen molar-refractivity contribution < 1.29 is 0 Å². The second kappa shape index (κ2) is 4.59. The van der Waals surface area contributed by atoms with E-state index in [0.29, 0.717) is 0 Å². The lowest BCUT2D eigenvalue weighted by Crippen LogP contribution is -2.37. The Kier molecular flexibility index (Phi) is 2.84. The Balaban J connectivity index is 1.83. The number of imidazole rings is 1. The third kappa shape index (κ3) is 1.72. The predicted molar refractivity (Wildman–Crippen MR) is 81.9 cm³/mol. The molecule has 2 aliphatic rings. The molecule has 0 spiro atoms. The Labute approximate surface area is 120 Å². The quantitative estimate of drug-likeness (QED) is 0.910. The molecule has 0 radical (unpaired) electrons. The molecule has 1 aliphatic carbocycles. The van der Waals surface area contributed by atoms with Crippen molar-refractivity contribution in [1.82, 2.24) is 9.55 Å². The number of fused-ring (bicyclic) bond motifs is 3. The van der Waals surface area contributed by atoms with Crippen LogP contribution < -0.4 is 5.73 Å². The molecule has 106 valence electrons. The number of rotatable bonds is 2. The first-order valence-corrected chi connectivity index (χ1v) is 8.02. The molecule has 2 N–H and O–H groups in total. The van der Waals surface area contributed by atoms with E-state index < -0.39 is 0 Å². The Morgan fingerprint density at radius 3 is 2.80 bits per heavy atom. The van der Waals surface area contributed by atoms with Crippen molar-refractivity contribution in [2.45, 2.75) is 56.9 Å². The molecule has 0 amide bonds. The number of nitrogens with two attached hydrogens (primary N) is 1. The number of aromatic nitrogens is 2. The number of hydrogen-bond acceptors (Lipinski definition) is 2. The van der Waals surface area contributed by atoms with Crippen LogP contribution in [0.4, 0.5) is 0 Å². The van der Waals surface area contributed by atoms with Gasteiger partial charge in [-0.2, -0.15) is 0 Å². The van der Waals surface area contributed by atoms with Crippen LogP contribution in [-0.2, 0) is 18.4 Å². The van der Waals surface area contributed by atoms with Crippen LogP contribution in [0.5, 0.6) is 0 Å². The fourth-order valence-electron chi connectivity index (χ4n) is 4.18. The smallest absolute Gasteiger partial charge is 0.109 e. The molecular weight excluding hydrogens is 246 g/mol. The lowest BCUT2D eigenvalue weighted by Gasteiger charge is -2.36. The maximum atomic E-state index is 6.18. The minimum Gasteiger partial charge on any atom is -0.330 e. The molecule has 1 aromatic carbocycles. The molecule has 1 fully saturated rings. The molecule has 0 atom stereocenters. The lowest BCUT2D eigenvalue weighted by atomic mass is 9.69. The summed E-state index contributed by atoms with van der Waals surface area (Å²) in [6.07, 6.45) is 8.87. The second-order valence-corrected chi connectivity index (χ2v) is 6.53. The third-order valence-electron chi connectivity index (χ3n) is 5.42. The van der Waals surface area contributed by atoms with Crippen LogP contribution in [0, 0.1) is 0 Å². The van der Waals surface area contributed by atoms with E-state index in [0.717, 1.165) is 25.0 Å². The molecule has 4 rings (SSSR count). The normalized spacial score (nSPS) is 21.2. The fourth-order valence-corrected chi connectivity index (χ4v) is 4.18. The maximum absolute atomic E-state index is 6.18. The average molecular weight is 269 g/mol. The van der Waals surface area contributed by atoms with Gasteiger partial charge in [0.25, 0.3) is 0 Å². The van der Waals surface area contributed by atoms with Crippen molar-refractivity contribution >= 4 is 11.0 Å². The molecule has 0 saturated heterocycles. The van der Waals surface area contributed by atoms with Gasteiger partial charge >= 0.3 is 0 Å². The standard InChI is InChI=1S/C17H23N3/c18-12-17(8-2-1-3-9-17)13-6-7-14-15(11-13)20-10-4-5-16(20)19-14/h6-7,11H,1-5,8-10,12,18H2. The number of hydrogen-bond donors (Lipinski definition) is 1. The van der Waals surface area contributed by atoms with Crippen molar-refractivity contribution in [3.63, 3.8) is 0 Å². The number of benzene rings is 1. The summed E-state index contributed by atoms with van der Waals surface area (Å²) in [5.41, 5.74) is 10.3. The summed E-state index contributed by atoms with van der Waals surface area (Å²) in [4.78, 5) is 4.76. The van der Waals surface area contributed by atoms with Gasteiger partial charge in [0.2, 0.25) is 0 Å². The largest absolute Gasteiger partial charge is 0.330 e. The fraction of sp³-hybridized carbons (Fsp3) is 0.588. The van der Waals surface area contributed by atoms with E-state index in [1.807, 2.05) is 0 Å². The summed E-state index contributed by atoms with van der Waals surface area (Å²) in [5, 5.41) is 0. The van der Waals surface area contributed by atoms with Crippen LogP contribution in [0.2, 0.25) is 0 Å². The van der Waals surface area contributed by atoms with Gasteiger partial charge in [-0.25, -0.2) is 4.98 Å². The van der Waals surface area contributed by atoms with Crippen LogP contribution in [0.25, 0.3) is 11.0 Å². The van der Waals surface area contributed by atoms with Crippen LogP contribution in [0.3, 0.4) is 0 Å². The van der Waals surface area contributed by atoms with Crippen molar-refractivity contribution in [3.05, 3.63) is 29.6 Å². The highest BCUT2D eigenvalue weighted by molar-refractivity contribution is 5.77. The second-order valence-electron chi connectivity index (χ2n) is 6.53. The van der Waals surface area contributed by atoms with E-state index >= 15 is 0 Å². The van der Waals surface area contributed by atoms with Crippen molar-refractivity contribution in [1.29, 1.82) is 0 Å². The first-order chi connectivity index (χ1) is 9.82. The van der Waals surface area contributed by atoms with E-state index in [-0.39, 0.29) is 5.41 Å². The van der Waals surface area contributed by atoms with Crippen LogP contribution in [-0.4, -0.2) is 16.1 Å². The molecule has 3 heteroatoms. The molecule has 2 aromatic rings. The number of aryl methyl sites for hydroxylation is 2. The first kappa shape index (κ1) is 12.4. The minimum absolute atomic E-state index is 0.218. The van der Waals surface area contributed by atoms with Gasteiger partial charge in [-0.1, -0.05) is 25.3 Å². The van der Waals surface area contributed by atoms with E-state index in [2.05, 4.69) is 22.8 Å². The Morgan fingerprint density at radius 1 is 1.15 bits per heavy atom. The molecule has 1 aromatic heterocycles. The van der Waals surface area contributed by atoms with Gasteiger partial charge in [0, 0.05) is 24.9 Å². The van der Waals surface area contributed by atoms with E-state index in [1.165, 1.54) is 55.4 Å². The van der Waals surface area contributed by atoms with E-state index in [9.17, 15) is 0 Å². The zero-order chi connectivity index (χ0) is 13.6. The third-order valence-corrected chi connectivity index (χ3v) is 5.42. The molecule has 0 unspecified atom stereocenters. The van der Waals surface area contributed by atoms with Crippen LogP contribution >= 0.6 is 0 Å². The molecule has 3 nitrogen and oxygen atoms in total. The molecule has 0 bridgehead atoms. The summed E-state index contributed by atoms with van der Waals surface area (Å²) in [6, 6.07) is 6.88. The van der Waals surface area contributed by atoms with Gasteiger partial charge in [0.05, 0.1) is 11.0 Å². The predicted octanol–water partition coefficient (Wildman–Crippen LogP) is 3.14. The zero-order valence-corrected chi connectivity index (χ0v) is 12.1. The zero-order valence-electron chi connectivity index (χ0n) is 12.1. The first-order valence-electron chi connectivity index (χ1n) is 8.02. The highest BCUT2D eigenvalue weighted by Gasteiger charge is 2.33. The van der Waals surface area contributed by atoms with Crippen LogP contribution in [0.15, 0.2) is 18.2 Å². The van der Waals surface area contributed by atoms with E-state index in [1.54, 1.807) is 0 Å². The summed E-state index contributed by atoms with van der Waals surface area (Å²) >= 11 is 0. The van der Waals surface area contributed by atoms with Gasteiger partial charge < -0.3 is 10.3 Å².